The van der Waals surface area contributed by atoms with E-state index in [9.17, 15) is 4.79 Å². The Labute approximate surface area is 89.9 Å². The first-order valence-electron chi connectivity index (χ1n) is 5.37. The Balaban J connectivity index is 2.68. The third-order valence-corrected chi connectivity index (χ3v) is 2.52. The number of aliphatic carboxylic acids is 1. The van der Waals surface area contributed by atoms with Crippen LogP contribution >= 0.6 is 0 Å². The molecule has 3 N–H and O–H groups in total. The zero-order chi connectivity index (χ0) is 11.3. The Morgan fingerprint density at radius 3 is 2.87 bits per heavy atom. The molecule has 86 valence electrons. The van der Waals surface area contributed by atoms with Gasteiger partial charge < -0.3 is 15.8 Å². The molecule has 15 heavy (non-hydrogen) atoms. The first-order chi connectivity index (χ1) is 7.11. The molecule has 1 aliphatic heterocycles. The van der Waals surface area contributed by atoms with Crippen molar-refractivity contribution in [2.24, 2.45) is 16.9 Å². The molecule has 1 rings (SSSR count). The van der Waals surface area contributed by atoms with E-state index in [-0.39, 0.29) is 18.3 Å². The largest absolute Gasteiger partial charge is 0.481 e. The smallest absolute Gasteiger partial charge is 0.304 e. The van der Waals surface area contributed by atoms with E-state index >= 15 is 0 Å². The molecule has 0 aromatic rings. The SMILES string of the molecule is CC(C)[C@@H](CC(=O)O)C1=NNCCCN1. The standard InChI is InChI=1S/C10H19N3O2/c1-7(2)8(6-9(14)15)10-11-4-3-5-12-13-10/h7-8,12H,3-6H2,1-2H3,(H,11,13)(H,14,15)/t8-/m1/s1. The summed E-state index contributed by atoms with van der Waals surface area (Å²) in [6, 6.07) is 0. The fourth-order valence-corrected chi connectivity index (χ4v) is 1.61. The molecule has 1 heterocycles. The van der Waals surface area contributed by atoms with Gasteiger partial charge in [0.25, 0.3) is 0 Å². The lowest BCUT2D eigenvalue weighted by Crippen LogP contribution is -2.35. The van der Waals surface area contributed by atoms with Crippen molar-refractivity contribution in [2.45, 2.75) is 26.7 Å². The van der Waals surface area contributed by atoms with Crippen LogP contribution in [0.25, 0.3) is 0 Å². The Kier molecular flexibility index (Phi) is 4.39. The molecule has 0 spiro atoms. The second-order valence-corrected chi connectivity index (χ2v) is 4.13. The van der Waals surface area contributed by atoms with Crippen molar-refractivity contribution in [2.75, 3.05) is 13.1 Å². The number of carbonyl (C=O) groups is 1. The molecular formula is C10H19N3O2. The van der Waals surface area contributed by atoms with Gasteiger partial charge in [-0.05, 0) is 12.3 Å². The summed E-state index contributed by atoms with van der Waals surface area (Å²) in [7, 11) is 0. The highest BCUT2D eigenvalue weighted by Gasteiger charge is 2.23. The fourth-order valence-electron chi connectivity index (χ4n) is 1.61. The van der Waals surface area contributed by atoms with Gasteiger partial charge in [-0.25, -0.2) is 0 Å². The number of hydrazone groups is 1. The van der Waals surface area contributed by atoms with Gasteiger partial charge in [-0.2, -0.15) is 5.10 Å². The van der Waals surface area contributed by atoms with E-state index in [1.165, 1.54) is 0 Å². The minimum Gasteiger partial charge on any atom is -0.481 e. The van der Waals surface area contributed by atoms with Crippen LogP contribution in [-0.4, -0.2) is 30.0 Å². The molecule has 0 saturated carbocycles. The number of rotatable bonds is 4. The van der Waals surface area contributed by atoms with E-state index in [0.29, 0.717) is 0 Å². The van der Waals surface area contributed by atoms with Gasteiger partial charge >= 0.3 is 5.97 Å². The number of nitrogens with one attached hydrogen (secondary N) is 2. The molecular weight excluding hydrogens is 194 g/mol. The Bertz CT molecular complexity index is 251. The van der Waals surface area contributed by atoms with Gasteiger partial charge in [0.1, 0.15) is 5.84 Å². The normalized spacial score (nSPS) is 18.5. The molecule has 0 saturated heterocycles. The Morgan fingerprint density at radius 1 is 1.53 bits per heavy atom. The average molecular weight is 213 g/mol. The third-order valence-electron chi connectivity index (χ3n) is 2.52. The first-order valence-corrected chi connectivity index (χ1v) is 5.37. The molecule has 0 bridgehead atoms. The lowest BCUT2D eigenvalue weighted by atomic mass is 9.91. The molecule has 0 fully saturated rings. The second kappa shape index (κ2) is 5.58. The Morgan fingerprint density at radius 2 is 2.27 bits per heavy atom. The molecule has 5 heteroatoms. The van der Waals surface area contributed by atoms with Gasteiger partial charge in [-0.1, -0.05) is 13.8 Å². The second-order valence-electron chi connectivity index (χ2n) is 4.13. The molecule has 0 aromatic heterocycles. The summed E-state index contributed by atoms with van der Waals surface area (Å²) < 4.78 is 0. The van der Waals surface area contributed by atoms with E-state index in [1.54, 1.807) is 0 Å². The molecule has 0 aliphatic carbocycles. The van der Waals surface area contributed by atoms with Crippen molar-refractivity contribution in [3.05, 3.63) is 0 Å². The number of hydrogen-bond donors (Lipinski definition) is 3. The van der Waals surface area contributed by atoms with Crippen LogP contribution in [-0.2, 0) is 4.79 Å². The van der Waals surface area contributed by atoms with Crippen molar-refractivity contribution in [1.82, 2.24) is 10.7 Å². The Hall–Kier alpha value is -1.26. The van der Waals surface area contributed by atoms with Crippen molar-refractivity contribution in [3.63, 3.8) is 0 Å². The highest BCUT2D eigenvalue weighted by Crippen LogP contribution is 2.16. The summed E-state index contributed by atoms with van der Waals surface area (Å²) in [4.78, 5) is 10.7. The maximum atomic E-state index is 10.7. The van der Waals surface area contributed by atoms with E-state index in [4.69, 9.17) is 5.11 Å². The lowest BCUT2D eigenvalue weighted by molar-refractivity contribution is -0.137. The van der Waals surface area contributed by atoms with Crippen LogP contribution in [0.15, 0.2) is 5.10 Å². The van der Waals surface area contributed by atoms with E-state index in [1.807, 2.05) is 13.8 Å². The highest BCUT2D eigenvalue weighted by atomic mass is 16.4. The number of hydrogen-bond acceptors (Lipinski definition) is 4. The summed E-state index contributed by atoms with van der Waals surface area (Å²) in [5.41, 5.74) is 2.94. The predicted molar refractivity (Wildman–Crippen MR) is 58.6 cm³/mol. The molecule has 1 atom stereocenters. The monoisotopic (exact) mass is 213 g/mol. The van der Waals surface area contributed by atoms with Gasteiger partial charge in [0.05, 0.1) is 6.42 Å². The minimum absolute atomic E-state index is 0.0342. The summed E-state index contributed by atoms with van der Waals surface area (Å²) >= 11 is 0. The zero-order valence-electron chi connectivity index (χ0n) is 9.29. The van der Waals surface area contributed by atoms with Gasteiger partial charge in [-0.3, -0.25) is 4.79 Å². The first kappa shape index (κ1) is 11.8. The van der Waals surface area contributed by atoms with Crippen LogP contribution in [0.2, 0.25) is 0 Å². The third kappa shape index (κ3) is 3.77. The quantitative estimate of drug-likeness (QED) is 0.640. The van der Waals surface area contributed by atoms with Crippen LogP contribution in [0, 0.1) is 11.8 Å². The fraction of sp³-hybridized carbons (Fsp3) is 0.800. The number of amidine groups is 1. The maximum absolute atomic E-state index is 10.7. The van der Waals surface area contributed by atoms with Crippen LogP contribution < -0.4 is 10.7 Å². The van der Waals surface area contributed by atoms with Crippen LogP contribution in [0.1, 0.15) is 26.7 Å². The molecule has 0 radical (unpaired) electrons. The lowest BCUT2D eigenvalue weighted by Gasteiger charge is -2.20. The van der Waals surface area contributed by atoms with Crippen molar-refractivity contribution >= 4 is 11.8 Å². The van der Waals surface area contributed by atoms with Crippen molar-refractivity contribution in [3.8, 4) is 0 Å². The molecule has 1 aliphatic rings. The van der Waals surface area contributed by atoms with Crippen LogP contribution in [0.3, 0.4) is 0 Å². The van der Waals surface area contributed by atoms with Crippen LogP contribution in [0.5, 0.6) is 0 Å². The zero-order valence-corrected chi connectivity index (χ0v) is 9.29. The summed E-state index contributed by atoms with van der Waals surface area (Å²) in [5, 5.41) is 16.2. The molecule has 0 unspecified atom stereocenters. The topological polar surface area (TPSA) is 73.7 Å². The average Bonchev–Trinajstić information content (AvgIpc) is 2.41. The highest BCUT2D eigenvalue weighted by molar-refractivity contribution is 5.87. The summed E-state index contributed by atoms with van der Waals surface area (Å²) in [6.07, 6.45) is 1.13. The van der Waals surface area contributed by atoms with E-state index in [2.05, 4.69) is 15.8 Å². The van der Waals surface area contributed by atoms with Crippen molar-refractivity contribution in [1.29, 1.82) is 0 Å². The molecule has 0 amide bonds. The molecule has 0 aromatic carbocycles. The van der Waals surface area contributed by atoms with E-state index < -0.39 is 5.97 Å². The number of carboxylic acid groups (broad SMARTS) is 1. The van der Waals surface area contributed by atoms with Crippen molar-refractivity contribution < 1.29 is 9.90 Å². The predicted octanol–water partition coefficient (Wildman–Crippen LogP) is 0.630. The summed E-state index contributed by atoms with van der Waals surface area (Å²) in [6.45, 7) is 5.73. The maximum Gasteiger partial charge on any atom is 0.304 e. The van der Waals surface area contributed by atoms with Gasteiger partial charge in [0.2, 0.25) is 0 Å². The minimum atomic E-state index is -0.776. The van der Waals surface area contributed by atoms with Gasteiger partial charge in [-0.15, -0.1) is 0 Å². The molecule has 5 nitrogen and oxygen atoms in total. The van der Waals surface area contributed by atoms with E-state index in [0.717, 1.165) is 25.3 Å². The van der Waals surface area contributed by atoms with Crippen LogP contribution in [0.4, 0.5) is 0 Å². The van der Waals surface area contributed by atoms with Gasteiger partial charge in [0, 0.05) is 19.0 Å². The summed E-state index contributed by atoms with van der Waals surface area (Å²) in [5.74, 6) is 0.243. The van der Waals surface area contributed by atoms with Gasteiger partial charge in [0.15, 0.2) is 0 Å². The number of nitrogens with zero attached hydrogens (tertiary/aromatic N) is 1. The number of carboxylic acids is 1.